The average molecular weight is 836 g/mol. The van der Waals surface area contributed by atoms with Gasteiger partial charge in [0.2, 0.25) is 11.8 Å². The first-order valence-electron chi connectivity index (χ1n) is 21.3. The second kappa shape index (κ2) is 21.7. The summed E-state index contributed by atoms with van der Waals surface area (Å²) in [5.41, 5.74) is 7.18. The Balaban J connectivity index is 1.04. The zero-order valence-corrected chi connectivity index (χ0v) is 34.7. The molecule has 2 aliphatic rings. The van der Waals surface area contributed by atoms with Gasteiger partial charge in [-0.15, -0.1) is 0 Å². The maximum absolute atomic E-state index is 14.1. The highest BCUT2D eigenvalue weighted by atomic mass is 16.6. The van der Waals surface area contributed by atoms with E-state index in [0.717, 1.165) is 38.9 Å². The number of rotatable bonds is 14. The van der Waals surface area contributed by atoms with Crippen molar-refractivity contribution < 1.29 is 38.5 Å². The second-order valence-electron chi connectivity index (χ2n) is 15.7. The number of benzene rings is 5. The van der Waals surface area contributed by atoms with Crippen LogP contribution in [-0.4, -0.2) is 72.3 Å². The fraction of sp³-hybridized carbons (Fsp3) is 0.294. The minimum atomic E-state index is -1.02. The van der Waals surface area contributed by atoms with Crippen LogP contribution in [0.25, 0.3) is 11.1 Å². The van der Waals surface area contributed by atoms with E-state index in [9.17, 15) is 24.3 Å². The lowest BCUT2D eigenvalue weighted by atomic mass is 9.97. The number of fused-ring (bicyclic) bond motifs is 3. The van der Waals surface area contributed by atoms with E-state index in [-0.39, 0.29) is 63.4 Å². The first-order chi connectivity index (χ1) is 30.3. The minimum absolute atomic E-state index is 0.0884. The molecule has 3 amide bonds. The summed E-state index contributed by atoms with van der Waals surface area (Å²) < 4.78 is 17.6. The largest absolute Gasteiger partial charge is 0.489 e. The van der Waals surface area contributed by atoms with Crippen molar-refractivity contribution in [2.45, 2.75) is 63.3 Å². The number of ether oxygens (including phenoxy) is 3. The summed E-state index contributed by atoms with van der Waals surface area (Å²) in [4.78, 5) is 56.5. The Morgan fingerprint density at radius 2 is 1.42 bits per heavy atom. The van der Waals surface area contributed by atoms with Crippen LogP contribution in [-0.2, 0) is 43.4 Å². The van der Waals surface area contributed by atoms with Gasteiger partial charge in [0.05, 0.1) is 18.6 Å². The van der Waals surface area contributed by atoms with Crippen LogP contribution in [0.3, 0.4) is 0 Å². The number of hydrogen-bond acceptors (Lipinski definition) is 8. The molecule has 1 heterocycles. The van der Waals surface area contributed by atoms with Gasteiger partial charge in [-0.3, -0.25) is 9.59 Å². The van der Waals surface area contributed by atoms with E-state index in [0.29, 0.717) is 31.7 Å². The van der Waals surface area contributed by atoms with Gasteiger partial charge in [-0.1, -0.05) is 133 Å². The SMILES string of the molecule is O=C(NC1CCC=CCC(CC(=O)N(CCO)Cc2ccccc2)C(=O)NC(Cc2ccc(OCc3ccccc3)cc2)COC1=O)OCC1c2ccccc2-c2ccccc21. The van der Waals surface area contributed by atoms with E-state index in [4.69, 9.17) is 14.2 Å². The van der Waals surface area contributed by atoms with E-state index in [1.807, 2.05) is 133 Å². The summed E-state index contributed by atoms with van der Waals surface area (Å²) in [6, 6.07) is 41.3. The number of aliphatic hydroxyl groups excluding tert-OH is 1. The van der Waals surface area contributed by atoms with Crippen molar-refractivity contribution in [3.8, 4) is 16.9 Å². The standard InChI is InChI=1S/C51H53N3O8/c55-29-28-54(32-37-14-4-1-5-15-37)48(56)31-39-18-8-3-9-23-47(53-51(59)62-35-46-44-21-12-10-19-42(44)43-20-11-13-22-45(43)46)50(58)61-34-40(52-49(39)57)30-36-24-26-41(27-25-36)60-33-38-16-6-2-7-17-38/h1-8,10-17,19-22,24-27,39-40,46-47,55H,9,18,23,28-35H2,(H,52,57)(H,53,59). The molecule has 3 N–H and O–H groups in total. The fourth-order valence-corrected chi connectivity index (χ4v) is 8.01. The number of aliphatic hydroxyl groups is 1. The Hall–Kier alpha value is -6.72. The molecule has 5 aromatic rings. The van der Waals surface area contributed by atoms with Crippen LogP contribution < -0.4 is 15.4 Å². The van der Waals surface area contributed by atoms with Gasteiger partial charge in [0, 0.05) is 25.4 Å². The van der Waals surface area contributed by atoms with Gasteiger partial charge in [0.1, 0.15) is 31.6 Å². The zero-order valence-electron chi connectivity index (χ0n) is 34.7. The van der Waals surface area contributed by atoms with Crippen LogP contribution >= 0.6 is 0 Å². The van der Waals surface area contributed by atoms with Crippen molar-refractivity contribution in [1.29, 1.82) is 0 Å². The second-order valence-corrected chi connectivity index (χ2v) is 15.7. The molecule has 5 aromatic carbocycles. The first-order valence-corrected chi connectivity index (χ1v) is 21.3. The van der Waals surface area contributed by atoms with Gasteiger partial charge in [-0.2, -0.15) is 0 Å². The summed E-state index contributed by atoms with van der Waals surface area (Å²) in [5.74, 6) is -1.48. The van der Waals surface area contributed by atoms with Crippen molar-refractivity contribution in [2.24, 2.45) is 5.92 Å². The molecule has 7 rings (SSSR count). The Morgan fingerprint density at radius 1 is 0.774 bits per heavy atom. The lowest BCUT2D eigenvalue weighted by molar-refractivity contribution is -0.147. The first kappa shape index (κ1) is 43.4. The molecule has 3 atom stereocenters. The predicted molar refractivity (Wildman–Crippen MR) is 236 cm³/mol. The number of nitrogens with zero attached hydrogens (tertiary/aromatic N) is 1. The molecule has 11 heteroatoms. The lowest BCUT2D eigenvalue weighted by Gasteiger charge is -2.26. The lowest BCUT2D eigenvalue weighted by Crippen LogP contribution is -2.47. The molecule has 3 unspecified atom stereocenters. The molecular formula is C51H53N3O8. The summed E-state index contributed by atoms with van der Waals surface area (Å²) in [6.45, 7) is 0.525. The molecule has 0 spiro atoms. The minimum Gasteiger partial charge on any atom is -0.489 e. The summed E-state index contributed by atoms with van der Waals surface area (Å²) in [7, 11) is 0. The fourth-order valence-electron chi connectivity index (χ4n) is 8.01. The number of amides is 3. The van der Waals surface area contributed by atoms with Gasteiger partial charge in [0.15, 0.2) is 0 Å². The monoisotopic (exact) mass is 835 g/mol. The van der Waals surface area contributed by atoms with E-state index < -0.39 is 30.1 Å². The summed E-state index contributed by atoms with van der Waals surface area (Å²) in [6.07, 6.45) is 4.04. The molecule has 62 heavy (non-hydrogen) atoms. The van der Waals surface area contributed by atoms with E-state index in [2.05, 4.69) is 22.8 Å². The number of carbonyl (C=O) groups excluding carboxylic acids is 4. The average Bonchev–Trinajstić information content (AvgIpc) is 3.62. The van der Waals surface area contributed by atoms with Gasteiger partial charge in [-0.25, -0.2) is 9.59 Å². The Kier molecular flexibility index (Phi) is 15.2. The van der Waals surface area contributed by atoms with E-state index in [1.165, 1.54) is 0 Å². The molecule has 1 aliphatic heterocycles. The molecule has 0 fully saturated rings. The van der Waals surface area contributed by atoms with Crippen LogP contribution in [0, 0.1) is 5.92 Å². The normalized spacial score (nSPS) is 17.8. The number of carbonyl (C=O) groups is 4. The maximum Gasteiger partial charge on any atom is 0.407 e. The van der Waals surface area contributed by atoms with E-state index in [1.54, 1.807) is 4.90 Å². The van der Waals surface area contributed by atoms with Crippen molar-refractivity contribution in [2.75, 3.05) is 26.4 Å². The number of nitrogens with one attached hydrogen (secondary N) is 2. The van der Waals surface area contributed by atoms with Gasteiger partial charge in [0.25, 0.3) is 0 Å². The van der Waals surface area contributed by atoms with Crippen LogP contribution in [0.4, 0.5) is 4.79 Å². The van der Waals surface area contributed by atoms with Crippen molar-refractivity contribution >= 4 is 23.9 Å². The maximum atomic E-state index is 14.1. The molecule has 0 aromatic heterocycles. The smallest absolute Gasteiger partial charge is 0.407 e. The highest BCUT2D eigenvalue weighted by Crippen LogP contribution is 2.44. The van der Waals surface area contributed by atoms with Crippen LogP contribution in [0.15, 0.2) is 146 Å². The van der Waals surface area contributed by atoms with Gasteiger partial charge >= 0.3 is 12.1 Å². The third-order valence-corrected chi connectivity index (χ3v) is 11.3. The van der Waals surface area contributed by atoms with Crippen molar-refractivity contribution in [3.05, 3.63) is 173 Å². The number of cyclic esters (lactones) is 1. The summed E-state index contributed by atoms with van der Waals surface area (Å²) >= 11 is 0. The number of alkyl carbamates (subject to hydrolysis) is 1. The molecule has 11 nitrogen and oxygen atoms in total. The third kappa shape index (κ3) is 11.8. The zero-order chi connectivity index (χ0) is 43.1. The topological polar surface area (TPSA) is 144 Å². The molecule has 1 aliphatic carbocycles. The Morgan fingerprint density at radius 3 is 2.10 bits per heavy atom. The van der Waals surface area contributed by atoms with Crippen molar-refractivity contribution in [3.63, 3.8) is 0 Å². The van der Waals surface area contributed by atoms with Crippen molar-refractivity contribution in [1.82, 2.24) is 15.5 Å². The molecular weight excluding hydrogens is 783 g/mol. The molecule has 0 bridgehead atoms. The highest BCUT2D eigenvalue weighted by Gasteiger charge is 2.31. The quantitative estimate of drug-likeness (QED) is 0.0771. The van der Waals surface area contributed by atoms with Crippen LogP contribution in [0.5, 0.6) is 5.75 Å². The number of allylic oxidation sites excluding steroid dienone is 2. The van der Waals surface area contributed by atoms with Gasteiger partial charge in [-0.05, 0) is 76.8 Å². The predicted octanol–water partition coefficient (Wildman–Crippen LogP) is 7.51. The number of hydrogen-bond donors (Lipinski definition) is 3. The highest BCUT2D eigenvalue weighted by molar-refractivity contribution is 5.86. The van der Waals surface area contributed by atoms with Crippen LogP contribution in [0.1, 0.15) is 59.4 Å². The summed E-state index contributed by atoms with van der Waals surface area (Å²) in [5, 5.41) is 15.6. The number of esters is 1. The molecule has 320 valence electrons. The van der Waals surface area contributed by atoms with Crippen LogP contribution in [0.2, 0.25) is 0 Å². The molecule has 0 radical (unpaired) electrons. The molecule has 0 saturated carbocycles. The molecule has 0 saturated heterocycles. The van der Waals surface area contributed by atoms with E-state index >= 15 is 0 Å². The Labute approximate surface area is 362 Å². The van der Waals surface area contributed by atoms with Gasteiger partial charge < -0.3 is 34.9 Å². The third-order valence-electron chi connectivity index (χ3n) is 11.3. The Bertz CT molecular complexity index is 2250.